The fourth-order valence-corrected chi connectivity index (χ4v) is 4.23. The molecule has 2 aromatic heterocycles. The molecule has 0 amide bonds. The SMILES string of the molecule is Cc1ccc(C2Cn3c(nc4cc(Cl)c(Cl)cc43)[SH]2)cn1. The first-order valence-electron chi connectivity index (χ1n) is 6.60. The molecule has 1 aliphatic heterocycles. The van der Waals surface area contributed by atoms with Crippen LogP contribution in [-0.2, 0) is 6.54 Å². The first-order valence-corrected chi connectivity index (χ1v) is 8.32. The standard InChI is InChI=1S/C15H12Cl2N3S/c1-8-2-3-9(6-18-8)14-7-20-13-5-11(17)10(16)4-12(13)19-15(20)21-14/h2-6,14,21H,7H2,1H3. The summed E-state index contributed by atoms with van der Waals surface area (Å²) < 4.78 is 2.23. The highest BCUT2D eigenvalue weighted by Crippen LogP contribution is 2.44. The van der Waals surface area contributed by atoms with Gasteiger partial charge in [0.2, 0.25) is 0 Å². The predicted octanol–water partition coefficient (Wildman–Crippen LogP) is 4.63. The van der Waals surface area contributed by atoms with Crippen LogP contribution in [0.2, 0.25) is 10.0 Å². The predicted molar refractivity (Wildman–Crippen MR) is 88.7 cm³/mol. The molecule has 3 heterocycles. The molecule has 1 radical (unpaired) electrons. The molecule has 21 heavy (non-hydrogen) atoms. The number of nitrogens with zero attached hydrogens (tertiary/aromatic N) is 3. The van der Waals surface area contributed by atoms with Gasteiger partial charge in [-0.15, -0.1) is 11.8 Å². The van der Waals surface area contributed by atoms with Gasteiger partial charge in [-0.2, -0.15) is 0 Å². The second-order valence-corrected chi connectivity index (χ2v) is 7.25. The number of pyridine rings is 1. The minimum absolute atomic E-state index is 0.402. The summed E-state index contributed by atoms with van der Waals surface area (Å²) >= 11 is 13.4. The number of aromatic nitrogens is 3. The maximum atomic E-state index is 6.13. The lowest BCUT2D eigenvalue weighted by atomic mass is 10.2. The van der Waals surface area contributed by atoms with Crippen LogP contribution >= 0.6 is 35.0 Å². The molecule has 1 aliphatic rings. The number of hydrogen-bond donors (Lipinski definition) is 1. The first-order chi connectivity index (χ1) is 10.1. The van der Waals surface area contributed by atoms with E-state index in [0.29, 0.717) is 15.3 Å². The van der Waals surface area contributed by atoms with Crippen molar-refractivity contribution in [2.24, 2.45) is 0 Å². The zero-order valence-electron chi connectivity index (χ0n) is 11.2. The third-order valence-electron chi connectivity index (χ3n) is 3.72. The maximum Gasteiger partial charge on any atom is 0.157 e. The molecule has 1 unspecified atom stereocenters. The molecular weight excluding hydrogens is 325 g/mol. The summed E-state index contributed by atoms with van der Waals surface area (Å²) in [4.78, 5) is 9.06. The van der Waals surface area contributed by atoms with Crippen molar-refractivity contribution >= 4 is 46.0 Å². The Morgan fingerprint density at radius 3 is 2.81 bits per heavy atom. The fraction of sp³-hybridized carbons (Fsp3) is 0.200. The van der Waals surface area contributed by atoms with E-state index in [9.17, 15) is 0 Å². The Balaban J connectivity index is 1.74. The molecule has 1 aromatic carbocycles. The monoisotopic (exact) mass is 336 g/mol. The Hall–Kier alpha value is -1.23. The van der Waals surface area contributed by atoms with Gasteiger partial charge in [0.25, 0.3) is 0 Å². The van der Waals surface area contributed by atoms with Crippen molar-refractivity contribution in [2.45, 2.75) is 23.9 Å². The highest BCUT2D eigenvalue weighted by Gasteiger charge is 2.26. The van der Waals surface area contributed by atoms with Crippen molar-refractivity contribution in [1.82, 2.24) is 14.5 Å². The number of hydrogen-bond acceptors (Lipinski definition) is 2. The summed E-state index contributed by atoms with van der Waals surface area (Å²) in [6.07, 6.45) is 1.96. The molecule has 0 spiro atoms. The maximum absolute atomic E-state index is 6.13. The molecule has 3 aromatic rings. The Morgan fingerprint density at radius 2 is 2.05 bits per heavy atom. The molecule has 0 saturated carbocycles. The van der Waals surface area contributed by atoms with Gasteiger partial charge in [-0.3, -0.25) is 4.98 Å². The second kappa shape index (κ2) is 4.90. The van der Waals surface area contributed by atoms with Crippen molar-refractivity contribution < 1.29 is 0 Å². The topological polar surface area (TPSA) is 30.7 Å². The lowest BCUT2D eigenvalue weighted by molar-refractivity contribution is 0.681. The Kier molecular flexibility index (Phi) is 3.14. The number of aryl methyl sites for hydroxylation is 1. The third kappa shape index (κ3) is 2.22. The van der Waals surface area contributed by atoms with Crippen LogP contribution in [-0.4, -0.2) is 14.5 Å². The van der Waals surface area contributed by atoms with Crippen molar-refractivity contribution in [3.05, 3.63) is 51.8 Å². The van der Waals surface area contributed by atoms with Gasteiger partial charge >= 0.3 is 0 Å². The normalized spacial score (nSPS) is 17.4. The zero-order valence-corrected chi connectivity index (χ0v) is 13.6. The molecule has 0 fully saturated rings. The molecule has 0 N–H and O–H groups in total. The molecule has 3 nitrogen and oxygen atoms in total. The van der Waals surface area contributed by atoms with Gasteiger partial charge in [-0.1, -0.05) is 29.3 Å². The summed E-state index contributed by atoms with van der Waals surface area (Å²) in [5.41, 5.74) is 4.25. The van der Waals surface area contributed by atoms with Crippen molar-refractivity contribution in [3.63, 3.8) is 0 Å². The first kappa shape index (κ1) is 13.4. The van der Waals surface area contributed by atoms with E-state index in [1.807, 2.05) is 25.3 Å². The molecule has 4 rings (SSSR count). The highest BCUT2D eigenvalue weighted by molar-refractivity contribution is 7.99. The lowest BCUT2D eigenvalue weighted by Gasteiger charge is -2.09. The lowest BCUT2D eigenvalue weighted by Crippen LogP contribution is -1.99. The van der Waals surface area contributed by atoms with Gasteiger partial charge in [0.05, 0.1) is 21.1 Å². The average molecular weight is 337 g/mol. The van der Waals surface area contributed by atoms with E-state index >= 15 is 0 Å². The minimum atomic E-state index is 0.402. The zero-order chi connectivity index (χ0) is 14.6. The molecule has 0 saturated heterocycles. The van der Waals surface area contributed by atoms with Gasteiger partial charge in [0.1, 0.15) is 0 Å². The van der Waals surface area contributed by atoms with E-state index in [1.165, 1.54) is 17.3 Å². The Morgan fingerprint density at radius 1 is 1.24 bits per heavy atom. The smallest absolute Gasteiger partial charge is 0.157 e. The molecule has 0 aliphatic carbocycles. The summed E-state index contributed by atoms with van der Waals surface area (Å²) in [5, 5.41) is 2.59. The fourth-order valence-electron chi connectivity index (χ4n) is 2.60. The highest BCUT2D eigenvalue weighted by atomic mass is 35.5. The van der Waals surface area contributed by atoms with E-state index in [-0.39, 0.29) is 0 Å². The van der Waals surface area contributed by atoms with Gasteiger partial charge in [0, 0.05) is 23.7 Å². The van der Waals surface area contributed by atoms with Crippen LogP contribution in [0.1, 0.15) is 16.5 Å². The molecule has 1 atom stereocenters. The van der Waals surface area contributed by atoms with Gasteiger partial charge in [-0.25, -0.2) is 4.98 Å². The Labute approximate surface area is 136 Å². The van der Waals surface area contributed by atoms with Gasteiger partial charge < -0.3 is 4.57 Å². The van der Waals surface area contributed by atoms with E-state index < -0.39 is 0 Å². The molecule has 107 valence electrons. The Bertz CT molecular complexity index is 842. The van der Waals surface area contributed by atoms with E-state index in [0.717, 1.165) is 28.4 Å². The van der Waals surface area contributed by atoms with Crippen LogP contribution in [0.3, 0.4) is 0 Å². The van der Waals surface area contributed by atoms with Crippen LogP contribution in [0.4, 0.5) is 0 Å². The van der Waals surface area contributed by atoms with Crippen molar-refractivity contribution in [2.75, 3.05) is 0 Å². The van der Waals surface area contributed by atoms with E-state index in [1.54, 1.807) is 0 Å². The summed E-state index contributed by atoms with van der Waals surface area (Å²) in [7, 11) is 0. The number of halogens is 2. The van der Waals surface area contributed by atoms with Crippen molar-refractivity contribution in [3.8, 4) is 0 Å². The summed E-state index contributed by atoms with van der Waals surface area (Å²) in [5.74, 6) is 0. The number of benzene rings is 1. The van der Waals surface area contributed by atoms with Crippen LogP contribution in [0.25, 0.3) is 11.0 Å². The van der Waals surface area contributed by atoms with Crippen molar-refractivity contribution in [1.29, 1.82) is 0 Å². The van der Waals surface area contributed by atoms with Gasteiger partial charge in [-0.05, 0) is 30.7 Å². The average Bonchev–Trinajstić information content (AvgIpc) is 2.99. The number of fused-ring (bicyclic) bond motifs is 3. The third-order valence-corrected chi connectivity index (χ3v) is 5.78. The number of thiol groups is 1. The molecule has 0 bridgehead atoms. The number of imidazole rings is 1. The van der Waals surface area contributed by atoms with Crippen LogP contribution < -0.4 is 0 Å². The minimum Gasteiger partial charge on any atom is -0.318 e. The largest absolute Gasteiger partial charge is 0.318 e. The van der Waals surface area contributed by atoms with Gasteiger partial charge in [0.15, 0.2) is 5.16 Å². The van der Waals surface area contributed by atoms with E-state index in [4.69, 9.17) is 23.2 Å². The molecule has 6 heteroatoms. The summed E-state index contributed by atoms with van der Waals surface area (Å²) in [6.45, 7) is 2.90. The van der Waals surface area contributed by atoms with Crippen LogP contribution in [0.5, 0.6) is 0 Å². The second-order valence-electron chi connectivity index (χ2n) is 5.16. The quantitative estimate of drug-likeness (QED) is 0.657. The number of rotatable bonds is 1. The van der Waals surface area contributed by atoms with E-state index in [2.05, 4.69) is 26.7 Å². The summed E-state index contributed by atoms with van der Waals surface area (Å²) in [6, 6.07) is 7.95. The van der Waals surface area contributed by atoms with Crippen LogP contribution in [0, 0.1) is 6.92 Å². The molecular formula is C15H12Cl2N3S. The van der Waals surface area contributed by atoms with Crippen LogP contribution in [0.15, 0.2) is 35.6 Å².